The van der Waals surface area contributed by atoms with Gasteiger partial charge in [-0.15, -0.1) is 12.4 Å². The van der Waals surface area contributed by atoms with Gasteiger partial charge in [0.15, 0.2) is 0 Å². The molecule has 1 N–H and O–H groups in total. The van der Waals surface area contributed by atoms with Gasteiger partial charge >= 0.3 is 0 Å². The molecule has 0 aromatic heterocycles. The minimum atomic E-state index is -0.213. The van der Waals surface area contributed by atoms with Gasteiger partial charge in [0, 0.05) is 18.1 Å². The fraction of sp³-hybridized carbons (Fsp3) is 0.538. The lowest BCUT2D eigenvalue weighted by molar-refractivity contribution is 0.315. The summed E-state index contributed by atoms with van der Waals surface area (Å²) in [6.45, 7) is 3.93. The number of nitrogens with one attached hydrogen (secondary N) is 1. The normalized spacial score (nSPS) is 19.8. The van der Waals surface area contributed by atoms with Crippen LogP contribution in [0.3, 0.4) is 0 Å². The average Bonchev–Trinajstić information content (AvgIpc) is 2.72. The van der Waals surface area contributed by atoms with E-state index >= 15 is 0 Å². The number of hydrogen-bond acceptors (Lipinski definition) is 2. The molecule has 0 amide bonds. The zero-order chi connectivity index (χ0) is 12.3. The lowest BCUT2D eigenvalue weighted by Crippen LogP contribution is -2.24. The maximum Gasteiger partial charge on any atom is 0.123 e. The van der Waals surface area contributed by atoms with Gasteiger partial charge in [-0.3, -0.25) is 4.90 Å². The van der Waals surface area contributed by atoms with Crippen LogP contribution in [0.2, 0.25) is 5.02 Å². The maximum atomic E-state index is 13.1. The Hall–Kier alpha value is -0.350. The van der Waals surface area contributed by atoms with E-state index in [4.69, 9.17) is 11.6 Å². The van der Waals surface area contributed by atoms with Gasteiger partial charge in [-0.25, -0.2) is 4.39 Å². The van der Waals surface area contributed by atoms with Gasteiger partial charge in [0.1, 0.15) is 5.82 Å². The summed E-state index contributed by atoms with van der Waals surface area (Å²) in [7, 11) is 1.98. The highest BCUT2D eigenvalue weighted by Gasteiger charge is 2.22. The Morgan fingerprint density at radius 3 is 3.00 bits per heavy atom. The summed E-state index contributed by atoms with van der Waals surface area (Å²) in [5, 5.41) is 3.86. The number of hydrogen-bond donors (Lipinski definition) is 1. The van der Waals surface area contributed by atoms with E-state index in [-0.39, 0.29) is 18.2 Å². The number of rotatable bonds is 4. The van der Waals surface area contributed by atoms with E-state index in [1.54, 1.807) is 6.07 Å². The minimum Gasteiger partial charge on any atom is -0.319 e. The van der Waals surface area contributed by atoms with Gasteiger partial charge in [-0.05, 0) is 56.2 Å². The van der Waals surface area contributed by atoms with Crippen molar-refractivity contribution >= 4 is 24.0 Å². The zero-order valence-electron chi connectivity index (χ0n) is 10.5. The molecule has 5 heteroatoms. The Kier molecular flexibility index (Phi) is 6.36. The van der Waals surface area contributed by atoms with Crippen LogP contribution in [-0.4, -0.2) is 31.6 Å². The van der Waals surface area contributed by atoms with Crippen LogP contribution in [0.4, 0.5) is 4.39 Å². The molecule has 0 saturated carbocycles. The Morgan fingerprint density at radius 2 is 2.28 bits per heavy atom. The highest BCUT2D eigenvalue weighted by atomic mass is 35.5. The maximum absolute atomic E-state index is 13.1. The molecule has 1 saturated heterocycles. The highest BCUT2D eigenvalue weighted by Crippen LogP contribution is 2.22. The fourth-order valence-corrected chi connectivity index (χ4v) is 2.59. The van der Waals surface area contributed by atoms with Crippen molar-refractivity contribution in [3.8, 4) is 0 Å². The molecule has 1 unspecified atom stereocenters. The molecule has 0 aliphatic carbocycles. The van der Waals surface area contributed by atoms with Crippen LogP contribution >= 0.6 is 24.0 Å². The van der Waals surface area contributed by atoms with E-state index in [1.807, 2.05) is 7.05 Å². The Morgan fingerprint density at radius 1 is 1.50 bits per heavy atom. The van der Waals surface area contributed by atoms with Crippen LogP contribution in [-0.2, 0) is 6.54 Å². The zero-order valence-corrected chi connectivity index (χ0v) is 12.0. The van der Waals surface area contributed by atoms with Crippen molar-refractivity contribution in [1.29, 1.82) is 0 Å². The summed E-state index contributed by atoms with van der Waals surface area (Å²) in [6.07, 6.45) is 1.20. The summed E-state index contributed by atoms with van der Waals surface area (Å²) in [4.78, 5) is 2.34. The predicted octanol–water partition coefficient (Wildman–Crippen LogP) is 2.94. The quantitative estimate of drug-likeness (QED) is 0.918. The number of halogens is 3. The van der Waals surface area contributed by atoms with E-state index in [0.717, 1.165) is 31.7 Å². The third-order valence-electron chi connectivity index (χ3n) is 3.26. The summed E-state index contributed by atoms with van der Waals surface area (Å²) in [5.41, 5.74) is 0.886. The summed E-state index contributed by atoms with van der Waals surface area (Å²) >= 11 is 6.07. The van der Waals surface area contributed by atoms with Gasteiger partial charge < -0.3 is 5.32 Å². The van der Waals surface area contributed by atoms with Crippen molar-refractivity contribution in [1.82, 2.24) is 10.2 Å². The van der Waals surface area contributed by atoms with Crippen molar-refractivity contribution < 1.29 is 4.39 Å². The molecule has 18 heavy (non-hydrogen) atoms. The van der Waals surface area contributed by atoms with Crippen molar-refractivity contribution in [2.24, 2.45) is 5.92 Å². The minimum absolute atomic E-state index is 0. The molecule has 1 fully saturated rings. The lowest BCUT2D eigenvalue weighted by atomic mass is 10.1. The third kappa shape index (κ3) is 4.09. The number of likely N-dealkylation sites (tertiary alicyclic amines) is 1. The Bertz CT molecular complexity index is 387. The summed E-state index contributed by atoms with van der Waals surface area (Å²) in [5.74, 6) is 0.489. The Labute approximate surface area is 119 Å². The fourth-order valence-electron chi connectivity index (χ4n) is 2.42. The molecule has 1 aromatic carbocycles. The first-order chi connectivity index (χ1) is 8.19. The molecule has 0 spiro atoms. The molecule has 1 aliphatic rings. The largest absolute Gasteiger partial charge is 0.319 e. The molecule has 1 heterocycles. The standard InChI is InChI=1S/C13H18ClFN2.ClH/c1-16-7-10-4-5-17(8-10)9-11-6-12(15)2-3-13(11)14;/h2-3,6,10,16H,4-5,7-9H2,1H3;1H. The van der Waals surface area contributed by atoms with E-state index in [9.17, 15) is 4.39 Å². The molecule has 0 bridgehead atoms. The van der Waals surface area contributed by atoms with Crippen LogP contribution in [0.25, 0.3) is 0 Å². The molecule has 0 radical (unpaired) electrons. The van der Waals surface area contributed by atoms with Crippen LogP contribution < -0.4 is 5.32 Å². The Balaban J connectivity index is 0.00000162. The summed E-state index contributed by atoms with van der Waals surface area (Å²) < 4.78 is 13.1. The lowest BCUT2D eigenvalue weighted by Gasteiger charge is -2.17. The average molecular weight is 293 g/mol. The van der Waals surface area contributed by atoms with Crippen molar-refractivity contribution in [3.63, 3.8) is 0 Å². The number of nitrogens with zero attached hydrogens (tertiary/aromatic N) is 1. The molecule has 102 valence electrons. The molecule has 2 nitrogen and oxygen atoms in total. The SMILES string of the molecule is CNCC1CCN(Cc2cc(F)ccc2Cl)C1.Cl. The molecular weight excluding hydrogens is 274 g/mol. The van der Waals surface area contributed by atoms with Crippen molar-refractivity contribution in [2.75, 3.05) is 26.7 Å². The van der Waals surface area contributed by atoms with E-state index < -0.39 is 0 Å². The molecular formula is C13H19Cl2FN2. The van der Waals surface area contributed by atoms with Crippen LogP contribution in [0.5, 0.6) is 0 Å². The first-order valence-corrected chi connectivity index (χ1v) is 6.37. The van der Waals surface area contributed by atoms with E-state index in [0.29, 0.717) is 10.9 Å². The van der Waals surface area contributed by atoms with E-state index in [1.165, 1.54) is 18.6 Å². The highest BCUT2D eigenvalue weighted by molar-refractivity contribution is 6.31. The van der Waals surface area contributed by atoms with Crippen LogP contribution in [0.1, 0.15) is 12.0 Å². The number of benzene rings is 1. The van der Waals surface area contributed by atoms with Crippen molar-refractivity contribution in [2.45, 2.75) is 13.0 Å². The molecule has 1 aromatic rings. The van der Waals surface area contributed by atoms with Gasteiger partial charge in [0.05, 0.1) is 0 Å². The topological polar surface area (TPSA) is 15.3 Å². The molecule has 2 rings (SSSR count). The molecule has 1 atom stereocenters. The smallest absolute Gasteiger partial charge is 0.123 e. The van der Waals surface area contributed by atoms with Gasteiger partial charge in [0.25, 0.3) is 0 Å². The second-order valence-corrected chi connectivity index (χ2v) is 5.09. The summed E-state index contributed by atoms with van der Waals surface area (Å²) in [6, 6.07) is 4.57. The first-order valence-electron chi connectivity index (χ1n) is 6.00. The first kappa shape index (κ1) is 15.7. The molecule has 1 aliphatic heterocycles. The van der Waals surface area contributed by atoms with Crippen molar-refractivity contribution in [3.05, 3.63) is 34.6 Å². The van der Waals surface area contributed by atoms with Crippen LogP contribution in [0.15, 0.2) is 18.2 Å². The third-order valence-corrected chi connectivity index (χ3v) is 3.63. The van der Waals surface area contributed by atoms with Gasteiger partial charge in [-0.2, -0.15) is 0 Å². The van der Waals surface area contributed by atoms with Gasteiger partial charge in [0.2, 0.25) is 0 Å². The second kappa shape index (κ2) is 7.29. The second-order valence-electron chi connectivity index (χ2n) is 4.68. The predicted molar refractivity (Wildman–Crippen MR) is 76.0 cm³/mol. The monoisotopic (exact) mass is 292 g/mol. The van der Waals surface area contributed by atoms with E-state index in [2.05, 4.69) is 10.2 Å². The van der Waals surface area contributed by atoms with Gasteiger partial charge in [-0.1, -0.05) is 11.6 Å². The van der Waals surface area contributed by atoms with Crippen LogP contribution in [0, 0.1) is 11.7 Å².